The first kappa shape index (κ1) is 27.6. The van der Waals surface area contributed by atoms with Gasteiger partial charge in [-0.2, -0.15) is 5.26 Å². The molecule has 0 radical (unpaired) electrons. The predicted molar refractivity (Wildman–Crippen MR) is 136 cm³/mol. The molecule has 2 fully saturated rings. The minimum absolute atomic E-state index is 0.0112. The van der Waals surface area contributed by atoms with Crippen LogP contribution in [0.2, 0.25) is 0 Å². The summed E-state index contributed by atoms with van der Waals surface area (Å²) in [5.41, 5.74) is -0.996. The van der Waals surface area contributed by atoms with E-state index in [1.54, 1.807) is 39.0 Å². The van der Waals surface area contributed by atoms with Crippen molar-refractivity contribution < 1.29 is 34.0 Å². The lowest BCUT2D eigenvalue weighted by Crippen LogP contribution is -2.46. The molecular weight excluding hydrogens is 496 g/mol. The number of aliphatic hydroxyl groups excluding tert-OH is 2. The van der Waals surface area contributed by atoms with Crippen LogP contribution in [-0.2, 0) is 23.8 Å². The van der Waals surface area contributed by atoms with Crippen molar-refractivity contribution >= 4 is 33.3 Å². The van der Waals surface area contributed by atoms with Gasteiger partial charge < -0.3 is 24.4 Å². The number of hydrogen-bond acceptors (Lipinski definition) is 10. The number of benzene rings is 1. The smallest absolute Gasteiger partial charge is 0.309 e. The zero-order valence-electron chi connectivity index (χ0n) is 21.8. The Morgan fingerprint density at radius 3 is 2.65 bits per heavy atom. The Morgan fingerprint density at radius 1 is 1.22 bits per heavy atom. The average molecular weight is 531 g/mol. The van der Waals surface area contributed by atoms with Crippen LogP contribution >= 0.6 is 11.3 Å². The van der Waals surface area contributed by atoms with Crippen molar-refractivity contribution in [3.63, 3.8) is 0 Å². The molecule has 2 saturated heterocycles. The Balaban J connectivity index is 1.64. The van der Waals surface area contributed by atoms with Gasteiger partial charge in [0, 0.05) is 18.3 Å². The number of carbonyl (C=O) groups is 2. The van der Waals surface area contributed by atoms with Crippen LogP contribution in [0.25, 0.3) is 10.2 Å². The second-order valence-corrected chi connectivity index (χ2v) is 12.1. The van der Waals surface area contributed by atoms with Crippen LogP contribution in [0, 0.1) is 35.5 Å². The first-order valence-corrected chi connectivity index (χ1v) is 13.3. The van der Waals surface area contributed by atoms with E-state index < -0.39 is 59.7 Å². The van der Waals surface area contributed by atoms with Gasteiger partial charge in [0.2, 0.25) is 5.60 Å². The normalized spacial score (nSPS) is 35.4. The number of fused-ring (bicyclic) bond motifs is 2. The van der Waals surface area contributed by atoms with Crippen LogP contribution in [0.1, 0.15) is 57.2 Å². The molecule has 200 valence electrons. The quantitative estimate of drug-likeness (QED) is 0.419. The summed E-state index contributed by atoms with van der Waals surface area (Å²) in [5, 5.41) is 32.4. The van der Waals surface area contributed by atoms with Crippen LogP contribution in [-0.4, -0.2) is 64.1 Å². The van der Waals surface area contributed by atoms with E-state index in [9.17, 15) is 25.1 Å². The minimum atomic E-state index is -1.32. The molecule has 1 aromatic heterocycles. The van der Waals surface area contributed by atoms with Gasteiger partial charge in [0.25, 0.3) is 0 Å². The van der Waals surface area contributed by atoms with Gasteiger partial charge in [-0.3, -0.25) is 9.59 Å². The molecule has 0 amide bonds. The number of aromatic nitrogens is 1. The van der Waals surface area contributed by atoms with E-state index >= 15 is 0 Å². The fraction of sp³-hybridized carbons (Fsp3) is 0.630. The number of nitrogens with zero attached hydrogens (tertiary/aromatic N) is 2. The SMILES string of the molecule is Cc1nc2cc([C@@H]3CC4OC4(C#N)COC[C@H](C)[C@H](O)[C@@H](C)C(=O)C(C)(C)[C@@H](O)CC(=O)O3)ccc2s1. The van der Waals surface area contributed by atoms with E-state index in [0.717, 1.165) is 15.2 Å². The highest BCUT2D eigenvalue weighted by Gasteiger charge is 2.59. The number of aliphatic hydroxyl groups is 2. The van der Waals surface area contributed by atoms with E-state index in [1.165, 1.54) is 0 Å². The van der Waals surface area contributed by atoms with E-state index in [4.69, 9.17) is 14.2 Å². The fourth-order valence-electron chi connectivity index (χ4n) is 4.94. The number of aryl methyl sites for hydroxylation is 1. The van der Waals surface area contributed by atoms with Crippen LogP contribution in [0.3, 0.4) is 0 Å². The summed E-state index contributed by atoms with van der Waals surface area (Å²) < 4.78 is 18.3. The maximum absolute atomic E-state index is 13.2. The first-order chi connectivity index (χ1) is 17.4. The molecule has 1 aromatic carbocycles. The van der Waals surface area contributed by atoms with Crippen molar-refractivity contribution in [2.75, 3.05) is 13.2 Å². The number of Topliss-reactive ketones (excluding diaryl/α,β-unsaturated/α-hetero) is 1. The van der Waals surface area contributed by atoms with Gasteiger partial charge in [0.05, 0.1) is 52.5 Å². The third-order valence-corrected chi connectivity index (χ3v) is 8.58. The third kappa shape index (κ3) is 5.56. The Kier molecular flexibility index (Phi) is 7.75. The largest absolute Gasteiger partial charge is 0.457 e. The molecule has 4 rings (SSSR count). The number of rotatable bonds is 1. The summed E-state index contributed by atoms with van der Waals surface area (Å²) in [6, 6.07) is 7.81. The molecule has 2 aromatic rings. The molecule has 9 nitrogen and oxygen atoms in total. The van der Waals surface area contributed by atoms with Gasteiger partial charge in [-0.25, -0.2) is 4.98 Å². The van der Waals surface area contributed by atoms with Crippen LogP contribution < -0.4 is 0 Å². The van der Waals surface area contributed by atoms with E-state index in [1.807, 2.05) is 25.1 Å². The Hall–Kier alpha value is -2.42. The lowest BCUT2D eigenvalue weighted by molar-refractivity contribution is -0.156. The second-order valence-electron chi connectivity index (χ2n) is 10.9. The Morgan fingerprint density at radius 2 is 1.95 bits per heavy atom. The van der Waals surface area contributed by atoms with E-state index in [0.29, 0.717) is 5.56 Å². The maximum Gasteiger partial charge on any atom is 0.309 e. The molecule has 2 aliphatic heterocycles. The van der Waals surface area contributed by atoms with Crippen LogP contribution in [0.5, 0.6) is 0 Å². The highest BCUT2D eigenvalue weighted by atomic mass is 32.1. The minimum Gasteiger partial charge on any atom is -0.457 e. The third-order valence-electron chi connectivity index (χ3n) is 7.63. The summed E-state index contributed by atoms with van der Waals surface area (Å²) in [6.07, 6.45) is -3.81. The van der Waals surface area contributed by atoms with Crippen molar-refractivity contribution in [1.29, 1.82) is 5.26 Å². The van der Waals surface area contributed by atoms with Crippen molar-refractivity contribution in [3.8, 4) is 6.07 Å². The highest BCUT2D eigenvalue weighted by Crippen LogP contribution is 2.44. The summed E-state index contributed by atoms with van der Waals surface area (Å²) in [5.74, 6) is -2.25. The number of carbonyl (C=O) groups excluding carboxylic acids is 2. The van der Waals surface area contributed by atoms with Gasteiger partial charge in [0.15, 0.2) is 0 Å². The number of ketones is 1. The molecule has 0 spiro atoms. The molecular formula is C27H34N2O7S. The number of epoxide rings is 1. The Labute approximate surface area is 220 Å². The van der Waals surface area contributed by atoms with Crippen LogP contribution in [0.4, 0.5) is 0 Å². The molecule has 2 aliphatic rings. The molecule has 7 atom stereocenters. The average Bonchev–Trinajstić information content (AvgIpc) is 3.40. The molecule has 0 aliphatic carbocycles. The van der Waals surface area contributed by atoms with Gasteiger partial charge in [-0.15, -0.1) is 11.3 Å². The maximum atomic E-state index is 13.2. The number of thiazole rings is 1. The predicted octanol–water partition coefficient (Wildman–Crippen LogP) is 3.25. The standard InChI is InChI=1S/C27H34N2O7S/c1-14-11-34-13-27(12-28)22(36-27)9-19(17-6-7-20-18(8-17)29-16(3)37-20)35-23(31)10-21(30)26(4,5)25(33)15(2)24(14)32/h6-8,14-15,19,21-22,24,30,32H,9-11,13H2,1-5H3/t14-,15+,19-,21-,22?,24-,27?/m0/s1. The lowest BCUT2D eigenvalue weighted by atomic mass is 9.73. The number of esters is 1. The molecule has 0 saturated carbocycles. The van der Waals surface area contributed by atoms with Gasteiger partial charge in [-0.1, -0.05) is 33.8 Å². The number of cyclic esters (lactones) is 1. The van der Waals surface area contributed by atoms with Crippen molar-refractivity contribution in [1.82, 2.24) is 4.98 Å². The van der Waals surface area contributed by atoms with Gasteiger partial charge in [0.1, 0.15) is 24.1 Å². The molecule has 0 bridgehead atoms. The van der Waals surface area contributed by atoms with Crippen molar-refractivity contribution in [3.05, 3.63) is 28.8 Å². The summed E-state index contributed by atoms with van der Waals surface area (Å²) >= 11 is 1.56. The monoisotopic (exact) mass is 530 g/mol. The zero-order chi connectivity index (χ0) is 27.1. The topological polar surface area (TPSA) is 142 Å². The number of hydrogen-bond donors (Lipinski definition) is 2. The lowest BCUT2D eigenvalue weighted by Gasteiger charge is -2.34. The summed E-state index contributed by atoms with van der Waals surface area (Å²) in [7, 11) is 0. The highest BCUT2D eigenvalue weighted by molar-refractivity contribution is 7.18. The number of ether oxygens (including phenoxy) is 3. The summed E-state index contributed by atoms with van der Waals surface area (Å²) in [6.45, 7) is 8.52. The summed E-state index contributed by atoms with van der Waals surface area (Å²) in [4.78, 5) is 30.8. The molecule has 2 unspecified atom stereocenters. The van der Waals surface area contributed by atoms with E-state index in [2.05, 4.69) is 11.1 Å². The fourth-order valence-corrected chi connectivity index (χ4v) is 5.74. The molecule has 37 heavy (non-hydrogen) atoms. The molecule has 2 N–H and O–H groups in total. The van der Waals surface area contributed by atoms with Gasteiger partial charge >= 0.3 is 5.97 Å². The molecule has 3 heterocycles. The Bertz CT molecular complexity index is 1220. The first-order valence-electron chi connectivity index (χ1n) is 12.5. The molecule has 10 heteroatoms. The second kappa shape index (κ2) is 10.4. The van der Waals surface area contributed by atoms with Crippen LogP contribution in [0.15, 0.2) is 18.2 Å². The van der Waals surface area contributed by atoms with Gasteiger partial charge in [-0.05, 0) is 24.6 Å². The van der Waals surface area contributed by atoms with E-state index in [-0.39, 0.29) is 25.4 Å². The van der Waals surface area contributed by atoms with Crippen molar-refractivity contribution in [2.24, 2.45) is 17.3 Å². The number of nitriles is 1. The van der Waals surface area contributed by atoms with Crippen molar-refractivity contribution in [2.45, 2.75) is 77.5 Å². The zero-order valence-corrected chi connectivity index (χ0v) is 22.6.